The van der Waals surface area contributed by atoms with E-state index < -0.39 is 6.09 Å². The highest BCUT2D eigenvalue weighted by molar-refractivity contribution is 5.67. The van der Waals surface area contributed by atoms with Crippen molar-refractivity contribution in [2.24, 2.45) is 11.7 Å². The number of amides is 1. The van der Waals surface area contributed by atoms with Gasteiger partial charge in [-0.2, -0.15) is 0 Å². The molecule has 6 nitrogen and oxygen atoms in total. The summed E-state index contributed by atoms with van der Waals surface area (Å²) in [5.74, 6) is 0.405. The lowest BCUT2D eigenvalue weighted by molar-refractivity contribution is 0.114. The maximum absolute atomic E-state index is 11.2. The minimum atomic E-state index is -0.396. The first-order chi connectivity index (χ1) is 8.19. The second-order valence-electron chi connectivity index (χ2n) is 4.50. The van der Waals surface area contributed by atoms with Crippen LogP contribution in [-0.4, -0.2) is 62.0 Å². The van der Waals surface area contributed by atoms with Crippen LogP contribution in [0.4, 0.5) is 4.79 Å². The van der Waals surface area contributed by atoms with Crippen molar-refractivity contribution in [2.45, 2.75) is 18.9 Å². The number of carbonyl (C=O) groups excluding carboxylic acids is 1. The number of aliphatic hydroxyl groups excluding tert-OH is 1. The van der Waals surface area contributed by atoms with Gasteiger partial charge in [-0.25, -0.2) is 4.79 Å². The second kappa shape index (κ2) is 7.47. The maximum Gasteiger partial charge on any atom is 0.407 e. The van der Waals surface area contributed by atoms with Crippen LogP contribution < -0.4 is 11.1 Å². The first-order valence-electron chi connectivity index (χ1n) is 6.07. The molecule has 4 N–H and O–H groups in total. The van der Waals surface area contributed by atoms with Crippen LogP contribution in [0.3, 0.4) is 0 Å². The topological polar surface area (TPSA) is 87.8 Å². The fourth-order valence-corrected chi connectivity index (χ4v) is 2.39. The van der Waals surface area contributed by atoms with Crippen LogP contribution in [0, 0.1) is 5.92 Å². The van der Waals surface area contributed by atoms with Crippen LogP contribution in [0.1, 0.15) is 12.8 Å². The van der Waals surface area contributed by atoms with Gasteiger partial charge < -0.3 is 20.9 Å². The van der Waals surface area contributed by atoms with Crippen LogP contribution in [0.15, 0.2) is 0 Å². The first kappa shape index (κ1) is 14.2. The number of hydrogen-bond donors (Lipinski definition) is 3. The minimum absolute atomic E-state index is 0.0827. The van der Waals surface area contributed by atoms with Gasteiger partial charge in [0.15, 0.2) is 0 Å². The Labute approximate surface area is 102 Å². The molecule has 0 spiro atoms. The number of nitrogens with one attached hydrogen (secondary N) is 1. The third kappa shape index (κ3) is 4.89. The van der Waals surface area contributed by atoms with Crippen molar-refractivity contribution in [1.29, 1.82) is 0 Å². The van der Waals surface area contributed by atoms with E-state index in [9.17, 15) is 4.79 Å². The highest BCUT2D eigenvalue weighted by Crippen LogP contribution is 2.19. The van der Waals surface area contributed by atoms with Gasteiger partial charge in [0.1, 0.15) is 0 Å². The van der Waals surface area contributed by atoms with Gasteiger partial charge in [-0.3, -0.25) is 4.90 Å². The molecule has 0 bridgehead atoms. The zero-order valence-corrected chi connectivity index (χ0v) is 10.4. The normalized spacial score (nSPS) is 25.6. The molecule has 100 valence electrons. The third-order valence-electron chi connectivity index (χ3n) is 3.10. The number of likely N-dealkylation sites (tertiary alicyclic amines) is 1. The summed E-state index contributed by atoms with van der Waals surface area (Å²) in [6, 6.07) is 0.0827. The van der Waals surface area contributed by atoms with Gasteiger partial charge in [-0.05, 0) is 18.8 Å². The number of aliphatic hydroxyl groups is 1. The molecule has 1 heterocycles. The molecule has 17 heavy (non-hydrogen) atoms. The van der Waals surface area contributed by atoms with Crippen LogP contribution in [0.25, 0.3) is 0 Å². The van der Waals surface area contributed by atoms with Gasteiger partial charge in [-0.1, -0.05) is 0 Å². The number of rotatable bonds is 5. The summed E-state index contributed by atoms with van der Waals surface area (Å²) in [5, 5.41) is 11.8. The molecule has 0 aromatic heterocycles. The Hall–Kier alpha value is -0.850. The molecule has 1 aliphatic rings. The summed E-state index contributed by atoms with van der Waals surface area (Å²) < 4.78 is 4.60. The van der Waals surface area contributed by atoms with E-state index in [1.54, 1.807) is 0 Å². The van der Waals surface area contributed by atoms with Crippen molar-refractivity contribution in [3.05, 3.63) is 0 Å². The number of nitrogens with zero attached hydrogens (tertiary/aromatic N) is 1. The summed E-state index contributed by atoms with van der Waals surface area (Å²) in [6.45, 7) is 3.36. The van der Waals surface area contributed by atoms with Crippen molar-refractivity contribution < 1.29 is 14.6 Å². The van der Waals surface area contributed by atoms with Crippen LogP contribution in [0.5, 0.6) is 0 Å². The predicted octanol–water partition coefficient (Wildman–Crippen LogP) is -0.626. The van der Waals surface area contributed by atoms with Gasteiger partial charge >= 0.3 is 6.09 Å². The van der Waals surface area contributed by atoms with E-state index >= 15 is 0 Å². The van der Waals surface area contributed by atoms with Gasteiger partial charge in [0.25, 0.3) is 0 Å². The molecule has 0 saturated carbocycles. The van der Waals surface area contributed by atoms with E-state index in [2.05, 4.69) is 15.0 Å². The summed E-state index contributed by atoms with van der Waals surface area (Å²) >= 11 is 0. The monoisotopic (exact) mass is 245 g/mol. The van der Waals surface area contributed by atoms with E-state index in [-0.39, 0.29) is 12.6 Å². The third-order valence-corrected chi connectivity index (χ3v) is 3.10. The van der Waals surface area contributed by atoms with Gasteiger partial charge in [0, 0.05) is 38.8 Å². The second-order valence-corrected chi connectivity index (χ2v) is 4.50. The van der Waals surface area contributed by atoms with Crippen molar-refractivity contribution in [1.82, 2.24) is 10.2 Å². The summed E-state index contributed by atoms with van der Waals surface area (Å²) in [6.07, 6.45) is 1.25. The maximum atomic E-state index is 11.2. The molecule has 1 amide bonds. The fourth-order valence-electron chi connectivity index (χ4n) is 2.39. The molecule has 1 fully saturated rings. The number of nitrogens with two attached hydrogens (primary N) is 1. The Morgan fingerprint density at radius 3 is 2.94 bits per heavy atom. The molecule has 1 saturated heterocycles. The van der Waals surface area contributed by atoms with Crippen molar-refractivity contribution in [3.63, 3.8) is 0 Å². The molecular formula is C11H23N3O3. The van der Waals surface area contributed by atoms with E-state index in [1.165, 1.54) is 7.11 Å². The van der Waals surface area contributed by atoms with E-state index in [1.807, 2.05) is 0 Å². The van der Waals surface area contributed by atoms with Crippen LogP contribution in [-0.2, 0) is 4.74 Å². The lowest BCUT2D eigenvalue weighted by atomic mass is 9.92. The molecule has 0 aliphatic carbocycles. The zero-order valence-electron chi connectivity index (χ0n) is 10.4. The van der Waals surface area contributed by atoms with Crippen molar-refractivity contribution in [2.75, 3.05) is 39.9 Å². The molecule has 2 atom stereocenters. The van der Waals surface area contributed by atoms with Gasteiger partial charge in [0.05, 0.1) is 7.11 Å². The smallest absolute Gasteiger partial charge is 0.407 e. The highest BCUT2D eigenvalue weighted by atomic mass is 16.5. The molecule has 1 rings (SSSR count). The Balaban J connectivity index is 2.48. The molecule has 1 aliphatic heterocycles. The number of carbonyl (C=O) groups is 1. The van der Waals surface area contributed by atoms with E-state index in [0.717, 1.165) is 32.5 Å². The lowest BCUT2D eigenvalue weighted by Gasteiger charge is -2.37. The average molecular weight is 245 g/mol. The number of ether oxygens (including phenoxy) is 1. The molecule has 0 radical (unpaired) electrons. The number of hydrogen-bond acceptors (Lipinski definition) is 5. The molecule has 2 unspecified atom stereocenters. The SMILES string of the molecule is COC(=O)NC1CC(CCO)CN(CCN)C1. The predicted molar refractivity (Wildman–Crippen MR) is 64.6 cm³/mol. The Bertz CT molecular complexity index is 224. The Morgan fingerprint density at radius 2 is 2.35 bits per heavy atom. The molecule has 6 heteroatoms. The van der Waals surface area contributed by atoms with Crippen molar-refractivity contribution in [3.8, 4) is 0 Å². The minimum Gasteiger partial charge on any atom is -0.453 e. The summed E-state index contributed by atoms with van der Waals surface area (Å²) in [4.78, 5) is 13.4. The molecular weight excluding hydrogens is 222 g/mol. The zero-order chi connectivity index (χ0) is 12.7. The lowest BCUT2D eigenvalue weighted by Crippen LogP contribution is -2.51. The average Bonchev–Trinajstić information content (AvgIpc) is 2.29. The fraction of sp³-hybridized carbons (Fsp3) is 0.909. The standard InChI is InChI=1S/C11H23N3O3/c1-17-11(16)13-10-6-9(2-5-15)7-14(8-10)4-3-12/h9-10,15H,2-8,12H2,1H3,(H,13,16). The number of piperidine rings is 1. The van der Waals surface area contributed by atoms with E-state index in [4.69, 9.17) is 10.8 Å². The Kier molecular flexibility index (Phi) is 6.25. The van der Waals surface area contributed by atoms with Gasteiger partial charge in [-0.15, -0.1) is 0 Å². The van der Waals surface area contributed by atoms with Crippen molar-refractivity contribution >= 4 is 6.09 Å². The van der Waals surface area contributed by atoms with Crippen LogP contribution >= 0.6 is 0 Å². The van der Waals surface area contributed by atoms with Gasteiger partial charge in [0.2, 0.25) is 0 Å². The van der Waals surface area contributed by atoms with E-state index in [0.29, 0.717) is 12.5 Å². The number of alkyl carbamates (subject to hydrolysis) is 1. The number of methoxy groups -OCH3 is 1. The Morgan fingerprint density at radius 1 is 1.59 bits per heavy atom. The largest absolute Gasteiger partial charge is 0.453 e. The summed E-state index contributed by atoms with van der Waals surface area (Å²) in [7, 11) is 1.36. The van der Waals surface area contributed by atoms with Crippen LogP contribution in [0.2, 0.25) is 0 Å². The molecule has 0 aromatic carbocycles. The summed E-state index contributed by atoms with van der Waals surface area (Å²) in [5.41, 5.74) is 5.55. The highest BCUT2D eigenvalue weighted by Gasteiger charge is 2.27. The molecule has 0 aromatic rings. The quantitative estimate of drug-likeness (QED) is 0.600. The first-order valence-corrected chi connectivity index (χ1v) is 6.07.